The molecule has 0 radical (unpaired) electrons. The molecule has 2 bridgehead atoms. The summed E-state index contributed by atoms with van der Waals surface area (Å²) in [5.74, 6) is -4.32. The van der Waals surface area contributed by atoms with E-state index in [9.17, 15) is 37.3 Å². The van der Waals surface area contributed by atoms with Crippen molar-refractivity contribution in [1.82, 2.24) is 9.97 Å². The number of anilines is 1. The predicted molar refractivity (Wildman–Crippen MR) is 140 cm³/mol. The smallest absolute Gasteiger partial charge is 0.255 e. The number of hydrogen-bond acceptors (Lipinski definition) is 8. The van der Waals surface area contributed by atoms with Crippen LogP contribution in [0, 0.1) is 23.5 Å². The first-order valence-corrected chi connectivity index (χ1v) is 14.5. The number of aliphatic hydroxyl groups excluding tert-OH is 2. The number of sulfone groups is 1. The van der Waals surface area contributed by atoms with Crippen LogP contribution in [0.2, 0.25) is 5.02 Å². The molecule has 2 aliphatic rings. The van der Waals surface area contributed by atoms with Crippen LogP contribution in [0.3, 0.4) is 0 Å². The molecule has 2 aromatic carbocycles. The van der Waals surface area contributed by atoms with Crippen LogP contribution in [0.5, 0.6) is 0 Å². The third-order valence-electron chi connectivity index (χ3n) is 8.01. The van der Waals surface area contributed by atoms with Gasteiger partial charge in [-0.05, 0) is 73.9 Å². The molecular weight excluding hydrogens is 568 g/mol. The number of nitrogens with zero attached hydrogens (tertiary/aromatic N) is 2. The second kappa shape index (κ2) is 10.7. The molecule has 5 rings (SSSR count). The lowest BCUT2D eigenvalue weighted by Gasteiger charge is -2.46. The predicted octanol–water partition coefficient (Wildman–Crippen LogP) is 3.45. The van der Waals surface area contributed by atoms with Crippen LogP contribution < -0.4 is 5.32 Å². The van der Waals surface area contributed by atoms with Gasteiger partial charge in [0.15, 0.2) is 27.3 Å². The molecule has 6 atom stereocenters. The number of aromatic nitrogens is 2. The fraction of sp³-hybridized carbons (Fsp3) is 0.370. The van der Waals surface area contributed by atoms with Gasteiger partial charge in [0.2, 0.25) is 0 Å². The Hall–Kier alpha value is -3.03. The Balaban J connectivity index is 1.37. The summed E-state index contributed by atoms with van der Waals surface area (Å²) in [6.45, 7) is 0. The van der Waals surface area contributed by atoms with Gasteiger partial charge in [-0.15, -0.1) is 0 Å². The molecule has 0 spiro atoms. The highest BCUT2D eigenvalue weighted by Crippen LogP contribution is 2.55. The maximum atomic E-state index is 13.8. The van der Waals surface area contributed by atoms with Crippen molar-refractivity contribution in [2.75, 3.05) is 5.32 Å². The number of hydrogen-bond donors (Lipinski definition) is 4. The first kappa shape index (κ1) is 28.5. The van der Waals surface area contributed by atoms with E-state index in [2.05, 4.69) is 15.3 Å². The van der Waals surface area contributed by atoms with Crippen molar-refractivity contribution in [1.29, 1.82) is 0 Å². The molecule has 1 heterocycles. The Labute approximate surface area is 233 Å². The maximum absolute atomic E-state index is 13.8. The monoisotopic (exact) mass is 593 g/mol. The molecule has 4 N–H and O–H groups in total. The van der Waals surface area contributed by atoms with E-state index in [1.165, 1.54) is 24.5 Å². The van der Waals surface area contributed by atoms with Crippen molar-refractivity contribution in [2.45, 2.75) is 53.6 Å². The van der Waals surface area contributed by atoms with Gasteiger partial charge in [0.05, 0.1) is 20.8 Å². The Morgan fingerprint density at radius 2 is 1.68 bits per heavy atom. The lowest BCUT2D eigenvalue weighted by atomic mass is 9.69. The van der Waals surface area contributed by atoms with Crippen LogP contribution in [-0.4, -0.2) is 56.6 Å². The van der Waals surface area contributed by atoms with Gasteiger partial charge in [0.25, 0.3) is 5.91 Å². The lowest BCUT2D eigenvalue weighted by Crippen LogP contribution is -2.57. The molecule has 0 aliphatic heterocycles. The number of amides is 1. The molecule has 13 heteroatoms. The number of aliphatic hydroxyl groups is 3. The van der Waals surface area contributed by atoms with Crippen molar-refractivity contribution < 1.29 is 37.3 Å². The number of benzene rings is 2. The zero-order valence-electron chi connectivity index (χ0n) is 20.9. The number of carbonyl (C=O) groups excluding carboxylic acids is 1. The van der Waals surface area contributed by atoms with Crippen LogP contribution in [0.4, 0.5) is 14.5 Å². The third kappa shape index (κ3) is 4.99. The van der Waals surface area contributed by atoms with E-state index in [1.54, 1.807) is 6.07 Å². The molecule has 2 saturated carbocycles. The van der Waals surface area contributed by atoms with Crippen LogP contribution >= 0.6 is 11.6 Å². The Morgan fingerprint density at radius 1 is 1.02 bits per heavy atom. The summed E-state index contributed by atoms with van der Waals surface area (Å²) < 4.78 is 54.3. The van der Waals surface area contributed by atoms with Crippen molar-refractivity contribution in [3.8, 4) is 0 Å². The third-order valence-corrected chi connectivity index (χ3v) is 10.7. The first-order chi connectivity index (χ1) is 18.9. The van der Waals surface area contributed by atoms with Gasteiger partial charge in [-0.3, -0.25) is 4.79 Å². The largest absolute Gasteiger partial charge is 0.387 e. The highest BCUT2D eigenvalue weighted by molar-refractivity contribution is 7.92. The van der Waals surface area contributed by atoms with E-state index in [0.717, 1.165) is 24.3 Å². The Bertz CT molecular complexity index is 1530. The average molecular weight is 594 g/mol. The minimum Gasteiger partial charge on any atom is -0.387 e. The SMILES string of the molecule is O=C(Nc1ccc(F)c(F)c1)c1ccc(Cl)c(S(=O)(=O)C2CC3CC[C@@H](C2)C3(O)C(O)C(O)c2ncccn2)c1. The number of nitrogens with one attached hydrogen (secondary N) is 1. The topological polar surface area (TPSA) is 150 Å². The summed E-state index contributed by atoms with van der Waals surface area (Å²) in [4.78, 5) is 20.4. The maximum Gasteiger partial charge on any atom is 0.255 e. The molecule has 0 saturated heterocycles. The standard InChI is InChI=1S/C27H26ClF2N3O6S/c28-19-6-2-14(26(36)33-17-5-7-20(29)21(30)13-17)10-22(19)40(38,39)18-11-15-3-4-16(12-18)27(15,37)24(35)23(34)25-31-8-1-9-32-25/h1-2,5-10,13,15-16,18,23-24,34-35,37H,3-4,11-12H2,(H,33,36)/t15-,16?,18?,23?,24?,27?/m0/s1. The fourth-order valence-electron chi connectivity index (χ4n) is 5.96. The minimum absolute atomic E-state index is 0.00360. The highest BCUT2D eigenvalue weighted by Gasteiger charge is 2.60. The summed E-state index contributed by atoms with van der Waals surface area (Å²) in [6.07, 6.45) is 0.470. The van der Waals surface area contributed by atoms with E-state index in [1.807, 2.05) is 0 Å². The van der Waals surface area contributed by atoms with Crippen LogP contribution in [0.25, 0.3) is 0 Å². The molecular formula is C27H26ClF2N3O6S. The van der Waals surface area contributed by atoms with Gasteiger partial charge < -0.3 is 20.6 Å². The van der Waals surface area contributed by atoms with Gasteiger partial charge in [0, 0.05) is 29.7 Å². The molecule has 5 unspecified atom stereocenters. The quantitative estimate of drug-likeness (QED) is 0.325. The van der Waals surface area contributed by atoms with Crippen LogP contribution in [0.1, 0.15) is 48.0 Å². The van der Waals surface area contributed by atoms with Crippen molar-refractivity contribution in [3.05, 3.63) is 82.9 Å². The van der Waals surface area contributed by atoms with Gasteiger partial charge >= 0.3 is 0 Å². The second-order valence-electron chi connectivity index (χ2n) is 10.2. The minimum atomic E-state index is -4.11. The molecule has 2 fully saturated rings. The number of rotatable bonds is 7. The molecule has 40 heavy (non-hydrogen) atoms. The molecule has 3 aromatic rings. The zero-order chi connectivity index (χ0) is 28.8. The van der Waals surface area contributed by atoms with Gasteiger partial charge in [-0.1, -0.05) is 11.6 Å². The molecule has 9 nitrogen and oxygen atoms in total. The van der Waals surface area contributed by atoms with E-state index < -0.39 is 62.3 Å². The highest BCUT2D eigenvalue weighted by atomic mass is 35.5. The molecule has 1 aromatic heterocycles. The van der Waals surface area contributed by atoms with E-state index in [-0.39, 0.29) is 39.8 Å². The summed E-state index contributed by atoms with van der Waals surface area (Å²) in [5.41, 5.74) is -1.84. The van der Waals surface area contributed by atoms with Gasteiger partial charge in [0.1, 0.15) is 12.2 Å². The Morgan fingerprint density at radius 3 is 2.30 bits per heavy atom. The average Bonchev–Trinajstić information content (AvgIpc) is 3.10. The lowest BCUT2D eigenvalue weighted by molar-refractivity contribution is -0.178. The normalized spacial score (nSPS) is 25.8. The summed E-state index contributed by atoms with van der Waals surface area (Å²) in [6, 6.07) is 8.06. The van der Waals surface area contributed by atoms with Crippen LogP contribution in [0.15, 0.2) is 59.8 Å². The zero-order valence-corrected chi connectivity index (χ0v) is 22.5. The van der Waals surface area contributed by atoms with Gasteiger partial charge in [-0.2, -0.15) is 0 Å². The van der Waals surface area contributed by atoms with Crippen molar-refractivity contribution in [3.63, 3.8) is 0 Å². The first-order valence-electron chi connectivity index (χ1n) is 12.6. The number of fused-ring (bicyclic) bond motifs is 2. The summed E-state index contributed by atoms with van der Waals surface area (Å²) >= 11 is 6.27. The molecule has 2 aliphatic carbocycles. The Kier molecular flexibility index (Phi) is 7.66. The fourth-order valence-corrected chi connectivity index (χ4v) is 8.36. The number of carbonyl (C=O) groups is 1. The van der Waals surface area contributed by atoms with Crippen LogP contribution in [-0.2, 0) is 9.84 Å². The van der Waals surface area contributed by atoms with Crippen molar-refractivity contribution >= 4 is 33.0 Å². The van der Waals surface area contributed by atoms with E-state index >= 15 is 0 Å². The van der Waals surface area contributed by atoms with Crippen molar-refractivity contribution in [2.24, 2.45) is 11.8 Å². The van der Waals surface area contributed by atoms with E-state index in [4.69, 9.17) is 11.6 Å². The second-order valence-corrected chi connectivity index (χ2v) is 12.8. The summed E-state index contributed by atoms with van der Waals surface area (Å²) in [5, 5.41) is 34.6. The van der Waals surface area contributed by atoms with Gasteiger partial charge in [-0.25, -0.2) is 27.2 Å². The summed E-state index contributed by atoms with van der Waals surface area (Å²) in [7, 11) is -4.11. The number of halogens is 3. The molecule has 212 valence electrons. The molecule has 1 amide bonds. The van der Waals surface area contributed by atoms with E-state index in [0.29, 0.717) is 12.8 Å².